The van der Waals surface area contributed by atoms with E-state index in [2.05, 4.69) is 26.3 Å². The lowest BCUT2D eigenvalue weighted by atomic mass is 10.1. The number of hydrogen-bond donors (Lipinski definition) is 6. The van der Waals surface area contributed by atoms with Crippen molar-refractivity contribution in [2.75, 3.05) is 76.4 Å². The van der Waals surface area contributed by atoms with Crippen LogP contribution in [0.4, 0.5) is 5.82 Å². The number of nitrogens with one attached hydrogen (secondary N) is 1. The van der Waals surface area contributed by atoms with E-state index in [-0.39, 0.29) is 17.5 Å². The molecule has 4 rings (SSSR count). The fraction of sp³-hybridized carbons (Fsp3) is 0.552. The molecule has 0 saturated carbocycles. The maximum atomic E-state index is 12.0. The number of ether oxygens (including phenoxy) is 5. The van der Waals surface area contributed by atoms with E-state index in [0.29, 0.717) is 64.0 Å². The van der Waals surface area contributed by atoms with E-state index >= 15 is 0 Å². The number of rotatable bonds is 23. The number of aromatic nitrogens is 4. The van der Waals surface area contributed by atoms with Crippen molar-refractivity contribution in [1.29, 1.82) is 0 Å². The lowest BCUT2D eigenvalue weighted by Gasteiger charge is -2.18. The summed E-state index contributed by atoms with van der Waals surface area (Å²) in [5.41, 5.74) is 1.12. The lowest BCUT2D eigenvalue weighted by molar-refractivity contribution is -0.0541. The molecule has 3 heterocycles. The Kier molecular flexibility index (Phi) is 16.5. The van der Waals surface area contributed by atoms with Gasteiger partial charge in [0.25, 0.3) is 0 Å². The van der Waals surface area contributed by atoms with Gasteiger partial charge in [0.15, 0.2) is 17.8 Å². The lowest BCUT2D eigenvalue weighted by Crippen LogP contribution is -2.33. The summed E-state index contributed by atoms with van der Waals surface area (Å²) in [6.45, 7) is 3.32. The molecular weight excluding hydrogens is 756 g/mol. The second kappa shape index (κ2) is 20.3. The quantitative estimate of drug-likeness (QED) is 0.0264. The summed E-state index contributed by atoms with van der Waals surface area (Å²) in [6.07, 6.45) is 0.703. The van der Waals surface area contributed by atoms with E-state index in [1.165, 1.54) is 10.9 Å². The van der Waals surface area contributed by atoms with Crippen LogP contribution in [0.2, 0.25) is 5.28 Å². The molecule has 3 aromatic rings. The molecule has 1 aliphatic heterocycles. The topological polar surface area (TPSA) is 246 Å². The summed E-state index contributed by atoms with van der Waals surface area (Å²) < 4.78 is 56.3. The Bertz CT molecular complexity index is 1680. The number of nitrogens with zero attached hydrogens (tertiary/aromatic N) is 4. The third-order valence-corrected chi connectivity index (χ3v) is 11.6. The zero-order chi connectivity index (χ0) is 36.9. The van der Waals surface area contributed by atoms with E-state index in [1.807, 2.05) is 24.3 Å². The number of aliphatic hydroxyl groups excluding tert-OH is 2. The van der Waals surface area contributed by atoms with Crippen LogP contribution >= 0.6 is 38.6 Å². The molecular formula is C29H40ClN5O13P2S. The Hall–Kier alpha value is -2.21. The van der Waals surface area contributed by atoms with Gasteiger partial charge in [-0.15, -0.1) is 18.2 Å². The molecule has 1 saturated heterocycles. The van der Waals surface area contributed by atoms with E-state index in [0.717, 1.165) is 16.2 Å². The predicted octanol–water partition coefficient (Wildman–Crippen LogP) is 1.84. The van der Waals surface area contributed by atoms with Crippen molar-refractivity contribution in [2.45, 2.75) is 36.0 Å². The maximum Gasteiger partial charge on any atom is 0.340 e. The molecule has 6 N–H and O–H groups in total. The Morgan fingerprint density at radius 2 is 1.61 bits per heavy atom. The number of anilines is 1. The molecule has 51 heavy (non-hydrogen) atoms. The summed E-state index contributed by atoms with van der Waals surface area (Å²) in [5.74, 6) is 2.09. The van der Waals surface area contributed by atoms with Crippen molar-refractivity contribution in [1.82, 2.24) is 19.7 Å². The van der Waals surface area contributed by atoms with Crippen LogP contribution in [0.15, 0.2) is 35.4 Å². The molecule has 0 bridgehead atoms. The third kappa shape index (κ3) is 13.6. The highest BCUT2D eigenvalue weighted by Crippen LogP contribution is 2.55. The van der Waals surface area contributed by atoms with Gasteiger partial charge < -0.3 is 58.4 Å². The first-order valence-corrected chi connectivity index (χ1v) is 20.4. The van der Waals surface area contributed by atoms with Crippen molar-refractivity contribution in [3.8, 4) is 12.3 Å². The Balaban J connectivity index is 1.21. The van der Waals surface area contributed by atoms with Gasteiger partial charge in [0.05, 0.1) is 64.4 Å². The van der Waals surface area contributed by atoms with Crippen LogP contribution in [0.1, 0.15) is 11.8 Å². The number of thioether (sulfide) groups is 1. The molecule has 282 valence electrons. The largest absolute Gasteiger partial charge is 0.387 e. The first kappa shape index (κ1) is 41.5. The average Bonchev–Trinajstić information content (AvgIpc) is 3.61. The molecule has 2 aromatic heterocycles. The van der Waals surface area contributed by atoms with Crippen LogP contribution in [-0.4, -0.2) is 134 Å². The van der Waals surface area contributed by atoms with Crippen molar-refractivity contribution >= 4 is 55.4 Å². The summed E-state index contributed by atoms with van der Waals surface area (Å²) >= 11 is 7.86. The van der Waals surface area contributed by atoms with E-state index < -0.39 is 52.2 Å². The SMILES string of the molecule is C#CCOCCOCCOCCOCCSc1ccc(CNc2nc(Cl)nc3c2cnn3[C@@H]2OC(COP(=O)(O)CP(=O)(O)O)[C@@H](O)[C@H]2O)cc1. The monoisotopic (exact) mass is 795 g/mol. The second-order valence-electron chi connectivity index (χ2n) is 10.9. The first-order valence-electron chi connectivity index (χ1n) is 15.5. The summed E-state index contributed by atoms with van der Waals surface area (Å²) in [6, 6.07) is 7.92. The predicted molar refractivity (Wildman–Crippen MR) is 186 cm³/mol. The van der Waals surface area contributed by atoms with Crippen LogP contribution in [-0.2, 0) is 43.9 Å². The smallest absolute Gasteiger partial charge is 0.340 e. The first-order chi connectivity index (χ1) is 24.4. The number of terminal acetylenes is 1. The van der Waals surface area contributed by atoms with E-state index in [9.17, 15) is 24.2 Å². The van der Waals surface area contributed by atoms with Gasteiger partial charge in [-0.25, -0.2) is 4.68 Å². The van der Waals surface area contributed by atoms with Gasteiger partial charge in [-0.05, 0) is 29.3 Å². The van der Waals surface area contributed by atoms with Gasteiger partial charge >= 0.3 is 15.2 Å². The van der Waals surface area contributed by atoms with Crippen LogP contribution in [0.25, 0.3) is 11.0 Å². The van der Waals surface area contributed by atoms with Gasteiger partial charge in [0, 0.05) is 17.2 Å². The fourth-order valence-electron chi connectivity index (χ4n) is 4.65. The molecule has 1 fully saturated rings. The van der Waals surface area contributed by atoms with Gasteiger partial charge in [0.2, 0.25) is 5.28 Å². The highest BCUT2D eigenvalue weighted by atomic mass is 35.5. The van der Waals surface area contributed by atoms with E-state index in [4.69, 9.17) is 56.0 Å². The minimum Gasteiger partial charge on any atom is -0.387 e. The molecule has 0 aliphatic carbocycles. The van der Waals surface area contributed by atoms with Crippen LogP contribution in [0.5, 0.6) is 0 Å². The number of aliphatic hydroxyl groups is 2. The van der Waals surface area contributed by atoms with Crippen molar-refractivity contribution in [3.05, 3.63) is 41.3 Å². The summed E-state index contributed by atoms with van der Waals surface area (Å²) in [4.78, 5) is 37.2. The Morgan fingerprint density at radius 1 is 0.961 bits per heavy atom. The van der Waals surface area contributed by atoms with Crippen molar-refractivity contribution in [2.24, 2.45) is 0 Å². The van der Waals surface area contributed by atoms with Gasteiger partial charge in [-0.2, -0.15) is 15.1 Å². The highest BCUT2D eigenvalue weighted by Gasteiger charge is 2.46. The van der Waals surface area contributed by atoms with Crippen molar-refractivity contribution < 1.29 is 62.2 Å². The number of hydrogen-bond acceptors (Lipinski definition) is 15. The minimum atomic E-state index is -4.86. The maximum absolute atomic E-state index is 12.0. The molecule has 18 nitrogen and oxygen atoms in total. The van der Waals surface area contributed by atoms with Crippen LogP contribution in [0.3, 0.4) is 0 Å². The molecule has 2 unspecified atom stereocenters. The molecule has 0 amide bonds. The highest BCUT2D eigenvalue weighted by molar-refractivity contribution is 7.99. The van der Waals surface area contributed by atoms with Crippen LogP contribution in [0, 0.1) is 12.3 Å². The number of halogens is 1. The standard InChI is InChI=1S/C29H40ClN5O13P2S/c1-2-7-43-8-9-44-10-11-45-12-13-46-14-15-51-21-5-3-20(4-6-21)16-31-26-22-17-32-35(27(22)34-29(30)33-26)28-25(37)24(36)23(48-28)18-47-50(41,42)19-49(38,39)40/h1,3-6,17,23-25,28,36-37H,7-16,18-19H2,(H,41,42)(H,31,33,34)(H2,38,39,40)/t23?,24-,25-,28-/m1/s1. The third-order valence-electron chi connectivity index (χ3n) is 6.99. The molecule has 0 radical (unpaired) electrons. The summed E-state index contributed by atoms with van der Waals surface area (Å²) in [7, 11) is -9.58. The minimum absolute atomic E-state index is 0.133. The molecule has 22 heteroatoms. The number of fused-ring (bicyclic) bond motifs is 1. The molecule has 1 aromatic carbocycles. The zero-order valence-corrected chi connectivity index (χ0v) is 30.6. The molecule has 5 atom stereocenters. The Morgan fingerprint density at radius 3 is 2.25 bits per heavy atom. The number of benzene rings is 1. The van der Waals surface area contributed by atoms with Crippen molar-refractivity contribution in [3.63, 3.8) is 0 Å². The normalized spacial score (nSPS) is 20.4. The fourth-order valence-corrected chi connectivity index (χ4v) is 8.15. The zero-order valence-electron chi connectivity index (χ0n) is 27.2. The average molecular weight is 796 g/mol. The van der Waals surface area contributed by atoms with Gasteiger partial charge in [-0.1, -0.05) is 18.1 Å². The Labute approximate surface area is 302 Å². The van der Waals surface area contributed by atoms with E-state index in [1.54, 1.807) is 11.8 Å². The van der Waals surface area contributed by atoms with Gasteiger partial charge in [-0.3, -0.25) is 9.13 Å². The molecule has 1 aliphatic rings. The van der Waals surface area contributed by atoms with Crippen LogP contribution < -0.4 is 5.32 Å². The second-order valence-corrected chi connectivity index (χ2v) is 16.4. The molecule has 0 spiro atoms. The summed E-state index contributed by atoms with van der Waals surface area (Å²) in [5, 5.41) is 28.9. The van der Waals surface area contributed by atoms with Gasteiger partial charge in [0.1, 0.15) is 30.7 Å².